The Morgan fingerprint density at radius 1 is 0.649 bits per heavy atom. The molecule has 13 rings (SSSR count). The van der Waals surface area contributed by atoms with Crippen LogP contribution in [0.25, 0.3) is 44.7 Å². The first kappa shape index (κ1) is 68.7. The lowest BCUT2D eigenvalue weighted by molar-refractivity contribution is -0.745. The Morgan fingerprint density at radius 3 is 1.88 bits per heavy atom. The number of phosphoric ester groups is 4. The lowest BCUT2D eigenvalue weighted by Crippen LogP contribution is -2.46. The van der Waals surface area contributed by atoms with Crippen LogP contribution in [0.5, 0.6) is 0 Å². The minimum absolute atomic E-state index is 0.0224. The molecule has 8 aromatic rings. The van der Waals surface area contributed by atoms with E-state index in [2.05, 4.69) is 68.0 Å². The van der Waals surface area contributed by atoms with Gasteiger partial charge in [-0.3, -0.25) is 65.0 Å². The summed E-state index contributed by atoms with van der Waals surface area (Å²) >= 11 is 0. The van der Waals surface area contributed by atoms with Crippen molar-refractivity contribution >= 4 is 107 Å². The van der Waals surface area contributed by atoms with Crippen LogP contribution in [0, 0.1) is 0 Å². The van der Waals surface area contributed by atoms with Crippen LogP contribution in [0.1, 0.15) is 24.9 Å². The zero-order valence-electron chi connectivity index (χ0n) is 48.5. The Morgan fingerprint density at radius 2 is 1.21 bits per heavy atom. The summed E-state index contributed by atoms with van der Waals surface area (Å²) in [5.74, 6) is -1.03. The van der Waals surface area contributed by atoms with Gasteiger partial charge in [-0.05, 0) is 0 Å². The van der Waals surface area contributed by atoms with Crippen molar-refractivity contribution in [3.8, 4) is 0 Å². The molecule has 0 aliphatic carbocycles. The van der Waals surface area contributed by atoms with Gasteiger partial charge in [-0.15, -0.1) is 0 Å². The molecular formula is C42H52FN20O29P5. The van der Waals surface area contributed by atoms with E-state index in [0.717, 1.165) is 49.9 Å². The van der Waals surface area contributed by atoms with Crippen molar-refractivity contribution in [1.82, 2.24) is 73.1 Å². The fourth-order valence-corrected chi connectivity index (χ4v) is 16.8. The van der Waals surface area contributed by atoms with Gasteiger partial charge in [0.05, 0.1) is 59.1 Å². The number of rotatable bonds is 24. The molecule has 5 saturated heterocycles. The van der Waals surface area contributed by atoms with Crippen molar-refractivity contribution in [2.45, 2.75) is 97.7 Å². The van der Waals surface area contributed by atoms with Crippen LogP contribution in [-0.2, 0) is 89.3 Å². The molecule has 97 heavy (non-hydrogen) atoms. The molecule has 9 unspecified atom stereocenters. The number of aromatic nitrogens is 16. The second-order valence-electron chi connectivity index (χ2n) is 21.9. The maximum atomic E-state index is 17.0. The second-order valence-corrected chi connectivity index (χ2v) is 29.3. The zero-order valence-corrected chi connectivity index (χ0v) is 53.0. The molecule has 526 valence electrons. The number of aliphatic hydroxyl groups is 4. The predicted octanol–water partition coefficient (Wildman–Crippen LogP) is -5.43. The monoisotopic (exact) mass is 1470 g/mol. The van der Waals surface area contributed by atoms with Crippen LogP contribution in [0.2, 0.25) is 0 Å². The first-order valence-electron chi connectivity index (χ1n) is 27.6. The lowest BCUT2D eigenvalue weighted by Gasteiger charge is -2.32. The van der Waals surface area contributed by atoms with E-state index in [9.17, 15) is 77.3 Å². The highest BCUT2D eigenvalue weighted by Gasteiger charge is 2.66. The molecule has 0 saturated carbocycles. The number of fused-ring (bicyclic) bond motifs is 6. The molecule has 55 heteroatoms. The molecule has 0 aromatic carbocycles. The number of imidazole rings is 4. The average Bonchev–Trinajstić information content (AvgIpc) is 1.56. The van der Waals surface area contributed by atoms with E-state index in [4.69, 9.17) is 69.2 Å². The van der Waals surface area contributed by atoms with Crippen LogP contribution in [0.15, 0.2) is 47.6 Å². The van der Waals surface area contributed by atoms with Crippen LogP contribution >= 0.6 is 39.1 Å². The smallest absolute Gasteiger partial charge is 0.487 e. The number of nitrogen functional groups attached to an aromatic ring is 4. The normalized spacial score (nSPS) is 32.1. The average molecular weight is 1470 g/mol. The second kappa shape index (κ2) is 25.1. The molecule has 0 radical (unpaired) electrons. The Bertz CT molecular complexity index is 4780. The van der Waals surface area contributed by atoms with Gasteiger partial charge in [-0.2, -0.15) is 9.29 Å². The van der Waals surface area contributed by atoms with Crippen LogP contribution in [0.3, 0.4) is 0 Å². The molecule has 2 bridgehead atoms. The number of alkyl halides is 1. The quantitative estimate of drug-likeness (QED) is 0.0198. The van der Waals surface area contributed by atoms with E-state index in [1.54, 1.807) is 0 Å². The minimum atomic E-state index is -6.39. The van der Waals surface area contributed by atoms with Crippen LogP contribution < -0.4 is 43.5 Å². The topological polar surface area (TPSA) is 700 Å². The fraction of sp³-hybridized carbons (Fsp3) is 0.524. The van der Waals surface area contributed by atoms with E-state index < -0.39 is 181 Å². The SMILES string of the molecule is Cn1c[n+]([C@@H]2O[C@H](COP(=O)([O-])OP(=O)(O)OP(=O)(O)OC[C@@]34COC([C@H](n5cnc6c(N)ncnc65)O3)[C@H]4OP(=O)(O)OC[C@H]3O[C@@H](n4cnc5c(N)ncnc54)C(F)[C@H]3OP(=O)(O)OC[C@H]3O[C@@H](n4cnc5c(=O)[nH]c(N)nc54)C(O)[C@H]3O)[C@H](O)C2O)c2nc(N)[nH]c(=O)c21. The van der Waals surface area contributed by atoms with E-state index in [-0.39, 0.29) is 68.2 Å². The van der Waals surface area contributed by atoms with E-state index in [1.807, 2.05) is 0 Å². The van der Waals surface area contributed by atoms with Gasteiger partial charge in [0.2, 0.25) is 17.7 Å². The Labute approximate surface area is 534 Å². The number of halogens is 1. The number of hydrogen-bond donors (Lipinski definition) is 14. The number of aryl methyl sites for hydroxylation is 1. The summed E-state index contributed by atoms with van der Waals surface area (Å²) in [6.07, 6.45) is -22.0. The summed E-state index contributed by atoms with van der Waals surface area (Å²) in [6.45, 7) is -5.89. The molecular weight excluding hydrogens is 1420 g/mol. The number of H-pyrrole nitrogens is 2. The highest BCUT2D eigenvalue weighted by Crippen LogP contribution is 2.67. The fourth-order valence-electron chi connectivity index (χ4n) is 11.3. The number of nitrogens with zero attached hydrogens (tertiary/aromatic N) is 14. The molecule has 0 spiro atoms. The minimum Gasteiger partial charge on any atom is -0.756 e. The maximum Gasteiger partial charge on any atom is 0.487 e. The summed E-state index contributed by atoms with van der Waals surface area (Å²) in [4.78, 5) is 122. The van der Waals surface area contributed by atoms with Crippen LogP contribution in [0.4, 0.5) is 27.9 Å². The number of nitrogens with two attached hydrogens (primary N) is 4. The van der Waals surface area contributed by atoms with Crippen molar-refractivity contribution in [2.24, 2.45) is 7.05 Å². The van der Waals surface area contributed by atoms with Crippen molar-refractivity contribution < 1.29 is 136 Å². The zero-order chi connectivity index (χ0) is 69.4. The Balaban J connectivity index is 0.699. The number of hydrogen-bond acceptors (Lipinski definition) is 38. The van der Waals surface area contributed by atoms with Gasteiger partial charge in [0.25, 0.3) is 24.9 Å². The highest BCUT2D eigenvalue weighted by atomic mass is 31.3. The van der Waals surface area contributed by atoms with Gasteiger partial charge in [0.15, 0.2) is 65.3 Å². The number of ether oxygens (including phenoxy) is 5. The number of anilines is 4. The first-order chi connectivity index (χ1) is 45.6. The third kappa shape index (κ3) is 13.0. The first-order valence-corrected chi connectivity index (χ1v) is 35.0. The van der Waals surface area contributed by atoms with Gasteiger partial charge in [-0.1, -0.05) is 4.98 Å². The maximum absolute atomic E-state index is 17.0. The third-order valence-corrected chi connectivity index (χ3v) is 21.8. The summed E-state index contributed by atoms with van der Waals surface area (Å²) in [5, 5.41) is 43.5. The number of aliphatic hydroxyl groups excluding tert-OH is 4. The summed E-state index contributed by atoms with van der Waals surface area (Å²) in [7, 11) is -28.8. The number of aromatic amines is 2. The Kier molecular flexibility index (Phi) is 17.8. The molecule has 5 fully saturated rings. The largest absolute Gasteiger partial charge is 0.756 e. The van der Waals surface area contributed by atoms with Crippen LogP contribution in [-0.4, -0.2) is 219 Å². The Hall–Kier alpha value is -6.80. The molecule has 49 nitrogen and oxygen atoms in total. The molecule has 5 aliphatic rings. The summed E-state index contributed by atoms with van der Waals surface area (Å²) in [5.41, 5.74) is 18.4. The van der Waals surface area contributed by atoms with Crippen molar-refractivity contribution in [1.29, 1.82) is 0 Å². The highest BCUT2D eigenvalue weighted by molar-refractivity contribution is 7.66. The number of phosphoric acid groups is 5. The standard InChI is InChI=1S/C42H52FN20O29P5/c1-59-12-63(33-20(59)35(69)58-41(47)56-33)38-24(67)22(65)14(86-38)3-83-95(74,75)91-97(78,79)92-96(76,77)84-6-42-5-80-26(39(88-42)61-10-53-18-29(45)49-8-51-31(18)61)27(42)90-94(72,73)82-4-15-25(16(43)36(87-15)60-9-52-17-28(44)48-7-50-30(17)60)89-93(70,71)81-2-13-21(64)23(66)37(85-13)62-11-54-19-32(62)55-40(46)57-34(19)68/h7-16,21-27,36-39,64-67H,2-6H2,1H3,(H14-,44,45,46,47,48,49,50,51,55,56,57,58,68,69,70,71,72,73,74,75,76,77,78,79)/t13-,14-,15-,16?,21+,22+,23?,24?,25+,26?,27-,36-,37-,38-,39-,42-/m1/s1. The summed E-state index contributed by atoms with van der Waals surface area (Å²) < 4.78 is 159. The third-order valence-electron chi connectivity index (χ3n) is 15.6. The van der Waals surface area contributed by atoms with Gasteiger partial charge in [0.1, 0.15) is 90.3 Å². The molecule has 5 aliphatic heterocycles. The van der Waals surface area contributed by atoms with Crippen molar-refractivity contribution in [2.75, 3.05) is 56.0 Å². The molecule has 13 heterocycles. The van der Waals surface area contributed by atoms with Crippen molar-refractivity contribution in [3.63, 3.8) is 0 Å². The van der Waals surface area contributed by atoms with E-state index in [1.165, 1.54) is 17.9 Å². The van der Waals surface area contributed by atoms with E-state index >= 15 is 4.39 Å². The summed E-state index contributed by atoms with van der Waals surface area (Å²) in [6, 6.07) is 0. The molecule has 18 N–H and O–H groups in total. The van der Waals surface area contributed by atoms with E-state index in [0.29, 0.717) is 0 Å². The predicted molar refractivity (Wildman–Crippen MR) is 304 cm³/mol. The lowest BCUT2D eigenvalue weighted by atomic mass is 10.0. The van der Waals surface area contributed by atoms with Gasteiger partial charge < -0.3 is 96.0 Å². The van der Waals surface area contributed by atoms with Gasteiger partial charge in [-0.25, -0.2) is 66.4 Å². The molecule has 8 aromatic heterocycles. The number of nitrogens with one attached hydrogen (secondary N) is 2. The molecule has 0 amide bonds. The van der Waals surface area contributed by atoms with Crippen molar-refractivity contribution in [3.05, 3.63) is 58.7 Å². The van der Waals surface area contributed by atoms with Gasteiger partial charge >= 0.3 is 36.9 Å². The molecule has 21 atom stereocenters. The van der Waals surface area contributed by atoms with Gasteiger partial charge in [0, 0.05) is 0 Å².